The van der Waals surface area contributed by atoms with Gasteiger partial charge in [-0.25, -0.2) is 0 Å². The molecule has 1 rings (SSSR count). The molecule has 0 bridgehead atoms. The molecular weight excluding hydrogens is 226 g/mol. The molecule has 0 atom stereocenters. The lowest BCUT2D eigenvalue weighted by Gasteiger charge is -2.08. The van der Waals surface area contributed by atoms with E-state index >= 15 is 0 Å². The predicted molar refractivity (Wildman–Crippen MR) is 74.7 cm³/mol. The van der Waals surface area contributed by atoms with Crippen molar-refractivity contribution in [1.82, 2.24) is 15.1 Å². The first-order valence-corrected chi connectivity index (χ1v) is 6.80. The van der Waals surface area contributed by atoms with Gasteiger partial charge in [0.25, 0.3) is 0 Å². The zero-order valence-electron chi connectivity index (χ0n) is 12.4. The van der Waals surface area contributed by atoms with E-state index in [1.807, 2.05) is 11.7 Å². The van der Waals surface area contributed by atoms with Crippen molar-refractivity contribution in [2.75, 3.05) is 19.8 Å². The highest BCUT2D eigenvalue weighted by Crippen LogP contribution is 2.10. The highest BCUT2D eigenvalue weighted by Gasteiger charge is 2.07. The van der Waals surface area contributed by atoms with E-state index in [-0.39, 0.29) is 0 Å². The molecule has 0 saturated heterocycles. The monoisotopic (exact) mass is 253 g/mol. The zero-order valence-corrected chi connectivity index (χ0v) is 12.4. The first kappa shape index (κ1) is 15.2. The second-order valence-electron chi connectivity index (χ2n) is 5.24. The molecule has 4 nitrogen and oxygen atoms in total. The van der Waals surface area contributed by atoms with Crippen molar-refractivity contribution in [3.63, 3.8) is 0 Å². The van der Waals surface area contributed by atoms with Crippen LogP contribution in [0.4, 0.5) is 0 Å². The summed E-state index contributed by atoms with van der Waals surface area (Å²) in [6, 6.07) is 0. The number of hydrogen-bond donors (Lipinski definition) is 1. The number of nitrogens with one attached hydrogen (secondary N) is 1. The quantitative estimate of drug-likeness (QED) is 0.722. The molecule has 1 heterocycles. The van der Waals surface area contributed by atoms with E-state index in [2.05, 4.69) is 38.1 Å². The lowest BCUT2D eigenvalue weighted by Crippen LogP contribution is -2.20. The molecule has 0 aliphatic heterocycles. The van der Waals surface area contributed by atoms with Crippen molar-refractivity contribution in [1.29, 1.82) is 0 Å². The van der Waals surface area contributed by atoms with Crippen LogP contribution in [-0.4, -0.2) is 29.5 Å². The van der Waals surface area contributed by atoms with Gasteiger partial charge in [-0.15, -0.1) is 0 Å². The van der Waals surface area contributed by atoms with Crippen LogP contribution in [0.2, 0.25) is 0 Å². The van der Waals surface area contributed by atoms with Crippen molar-refractivity contribution >= 4 is 0 Å². The summed E-state index contributed by atoms with van der Waals surface area (Å²) in [5.41, 5.74) is 3.66. The second-order valence-corrected chi connectivity index (χ2v) is 5.24. The maximum Gasteiger partial charge on any atom is 0.0641 e. The Kier molecular flexibility index (Phi) is 6.36. The summed E-state index contributed by atoms with van der Waals surface area (Å²) in [6.45, 7) is 12.0. The smallest absolute Gasteiger partial charge is 0.0641 e. The summed E-state index contributed by atoms with van der Waals surface area (Å²) < 4.78 is 7.50. The fourth-order valence-electron chi connectivity index (χ4n) is 1.85. The number of aryl methyl sites for hydroxylation is 2. The molecule has 0 radical (unpaired) electrons. The Bertz CT molecular complexity index is 358. The van der Waals surface area contributed by atoms with Gasteiger partial charge in [-0.05, 0) is 26.2 Å². The maximum atomic E-state index is 5.56. The van der Waals surface area contributed by atoms with Gasteiger partial charge in [0.05, 0.1) is 12.3 Å². The van der Waals surface area contributed by atoms with Gasteiger partial charge in [0.1, 0.15) is 0 Å². The van der Waals surface area contributed by atoms with Gasteiger partial charge in [0.2, 0.25) is 0 Å². The minimum absolute atomic E-state index is 0.721. The standard InChI is InChI=1S/C14H27N3O/c1-11(2)6-8-18-9-7-15-10-14-12(3)16-17(5)13(14)4/h11,15H,6-10H2,1-5H3. The lowest BCUT2D eigenvalue weighted by atomic mass is 10.1. The van der Waals surface area contributed by atoms with E-state index in [9.17, 15) is 0 Å². The Morgan fingerprint density at radius 3 is 2.56 bits per heavy atom. The summed E-state index contributed by atoms with van der Waals surface area (Å²) in [7, 11) is 1.99. The Morgan fingerprint density at radius 2 is 2.00 bits per heavy atom. The number of aromatic nitrogens is 2. The van der Waals surface area contributed by atoms with Gasteiger partial charge in [-0.2, -0.15) is 5.10 Å². The molecule has 0 aliphatic carbocycles. The Hall–Kier alpha value is -0.870. The predicted octanol–water partition coefficient (Wildman–Crippen LogP) is 2.19. The topological polar surface area (TPSA) is 39.1 Å². The molecule has 18 heavy (non-hydrogen) atoms. The van der Waals surface area contributed by atoms with Crippen LogP contribution >= 0.6 is 0 Å². The third-order valence-corrected chi connectivity index (χ3v) is 3.22. The highest BCUT2D eigenvalue weighted by atomic mass is 16.5. The first-order chi connectivity index (χ1) is 8.52. The van der Waals surface area contributed by atoms with Crippen LogP contribution in [0.3, 0.4) is 0 Å². The molecule has 4 heteroatoms. The second kappa shape index (κ2) is 7.54. The van der Waals surface area contributed by atoms with Crippen molar-refractivity contribution in [2.24, 2.45) is 13.0 Å². The Labute approximate surface area is 111 Å². The van der Waals surface area contributed by atoms with Gasteiger partial charge in [0.15, 0.2) is 0 Å². The Balaban J connectivity index is 2.14. The number of hydrogen-bond acceptors (Lipinski definition) is 3. The highest BCUT2D eigenvalue weighted by molar-refractivity contribution is 5.23. The summed E-state index contributed by atoms with van der Waals surface area (Å²) in [6.07, 6.45) is 1.14. The van der Waals surface area contributed by atoms with Crippen LogP contribution in [0.1, 0.15) is 37.2 Å². The number of rotatable bonds is 8. The van der Waals surface area contributed by atoms with Crippen LogP contribution in [0.15, 0.2) is 0 Å². The van der Waals surface area contributed by atoms with Crippen LogP contribution in [-0.2, 0) is 18.3 Å². The normalized spacial score (nSPS) is 11.4. The molecule has 0 aromatic carbocycles. The van der Waals surface area contributed by atoms with E-state index < -0.39 is 0 Å². The maximum absolute atomic E-state index is 5.56. The van der Waals surface area contributed by atoms with Crippen molar-refractivity contribution in [3.8, 4) is 0 Å². The largest absolute Gasteiger partial charge is 0.380 e. The Morgan fingerprint density at radius 1 is 1.28 bits per heavy atom. The average Bonchev–Trinajstić information content (AvgIpc) is 2.53. The minimum atomic E-state index is 0.721. The molecule has 1 aromatic heterocycles. The van der Waals surface area contributed by atoms with Gasteiger partial charge < -0.3 is 10.1 Å². The van der Waals surface area contributed by atoms with Gasteiger partial charge >= 0.3 is 0 Å². The van der Waals surface area contributed by atoms with Crippen molar-refractivity contribution < 1.29 is 4.74 Å². The molecule has 0 amide bonds. The number of ether oxygens (including phenoxy) is 1. The minimum Gasteiger partial charge on any atom is -0.380 e. The van der Waals surface area contributed by atoms with E-state index in [0.717, 1.165) is 44.3 Å². The van der Waals surface area contributed by atoms with Crippen LogP contribution in [0.5, 0.6) is 0 Å². The first-order valence-electron chi connectivity index (χ1n) is 6.80. The SMILES string of the molecule is Cc1nn(C)c(C)c1CNCCOCCC(C)C. The molecule has 0 aliphatic rings. The van der Waals surface area contributed by atoms with Crippen molar-refractivity contribution in [3.05, 3.63) is 17.0 Å². The van der Waals surface area contributed by atoms with Crippen molar-refractivity contribution in [2.45, 2.75) is 40.7 Å². The summed E-state index contributed by atoms with van der Waals surface area (Å²) in [5.74, 6) is 0.721. The van der Waals surface area contributed by atoms with Gasteiger partial charge in [-0.3, -0.25) is 4.68 Å². The molecule has 1 N–H and O–H groups in total. The fraction of sp³-hybridized carbons (Fsp3) is 0.786. The average molecular weight is 253 g/mol. The van der Waals surface area contributed by atoms with E-state index in [0.29, 0.717) is 0 Å². The fourth-order valence-corrected chi connectivity index (χ4v) is 1.85. The molecule has 104 valence electrons. The number of nitrogens with zero attached hydrogens (tertiary/aromatic N) is 2. The molecule has 0 saturated carbocycles. The lowest BCUT2D eigenvalue weighted by molar-refractivity contribution is 0.125. The third-order valence-electron chi connectivity index (χ3n) is 3.22. The van der Waals surface area contributed by atoms with E-state index in [1.54, 1.807) is 0 Å². The van der Waals surface area contributed by atoms with E-state index in [1.165, 1.54) is 11.3 Å². The van der Waals surface area contributed by atoms with E-state index in [4.69, 9.17) is 4.74 Å². The third kappa shape index (κ3) is 4.78. The van der Waals surface area contributed by atoms with Crippen LogP contribution in [0.25, 0.3) is 0 Å². The van der Waals surface area contributed by atoms with Crippen LogP contribution in [0, 0.1) is 19.8 Å². The van der Waals surface area contributed by atoms with Crippen LogP contribution < -0.4 is 5.32 Å². The summed E-state index contributed by atoms with van der Waals surface area (Å²) in [4.78, 5) is 0. The van der Waals surface area contributed by atoms with Gasteiger partial charge in [0, 0.05) is 38.0 Å². The molecule has 0 unspecified atom stereocenters. The molecule has 0 spiro atoms. The molecular formula is C14H27N3O. The summed E-state index contributed by atoms with van der Waals surface area (Å²) >= 11 is 0. The zero-order chi connectivity index (χ0) is 13.5. The summed E-state index contributed by atoms with van der Waals surface area (Å²) in [5, 5.41) is 7.81. The molecule has 0 fully saturated rings. The molecule has 1 aromatic rings. The van der Waals surface area contributed by atoms with Gasteiger partial charge in [-0.1, -0.05) is 13.8 Å².